The maximum Gasteiger partial charge on any atom is 0.261 e. The van der Waals surface area contributed by atoms with Crippen molar-refractivity contribution >= 4 is 21.6 Å². The molecule has 1 amide bonds. The summed E-state index contributed by atoms with van der Waals surface area (Å²) in [6.07, 6.45) is 2.09. The third-order valence-electron chi connectivity index (χ3n) is 4.53. The number of carbonyl (C=O) groups excluding carboxylic acids is 1. The average Bonchev–Trinajstić information content (AvgIpc) is 3.15. The molecule has 0 saturated carbocycles. The molecule has 0 aromatic heterocycles. The SMILES string of the molecule is Cc1ccc(S(=O)(=O)Nc2ccc(F)cc2)cc1C(=O)NCC1CCCN1. The molecule has 1 aliphatic heterocycles. The zero-order valence-electron chi connectivity index (χ0n) is 15.0. The van der Waals surface area contributed by atoms with Crippen molar-refractivity contribution in [3.05, 3.63) is 59.4 Å². The van der Waals surface area contributed by atoms with E-state index in [2.05, 4.69) is 15.4 Å². The van der Waals surface area contributed by atoms with Gasteiger partial charge in [-0.2, -0.15) is 0 Å². The quantitative estimate of drug-likeness (QED) is 0.706. The van der Waals surface area contributed by atoms with Gasteiger partial charge in [0.2, 0.25) is 0 Å². The van der Waals surface area contributed by atoms with Crippen LogP contribution in [0.3, 0.4) is 0 Å². The molecule has 2 aromatic rings. The fourth-order valence-corrected chi connectivity index (χ4v) is 4.07. The van der Waals surface area contributed by atoms with Gasteiger partial charge in [-0.25, -0.2) is 12.8 Å². The number of hydrogen-bond acceptors (Lipinski definition) is 4. The van der Waals surface area contributed by atoms with Crippen LogP contribution < -0.4 is 15.4 Å². The highest BCUT2D eigenvalue weighted by molar-refractivity contribution is 7.92. The Labute approximate surface area is 158 Å². The van der Waals surface area contributed by atoms with Gasteiger partial charge in [-0.15, -0.1) is 0 Å². The third kappa shape index (κ3) is 4.84. The minimum atomic E-state index is -3.89. The van der Waals surface area contributed by atoms with Crippen LogP contribution in [0.25, 0.3) is 0 Å². The fraction of sp³-hybridized carbons (Fsp3) is 0.316. The van der Waals surface area contributed by atoms with E-state index in [1.54, 1.807) is 13.0 Å². The molecular formula is C19H22FN3O3S. The molecule has 3 rings (SSSR count). The first-order valence-electron chi connectivity index (χ1n) is 8.76. The van der Waals surface area contributed by atoms with E-state index in [0.29, 0.717) is 17.7 Å². The van der Waals surface area contributed by atoms with Gasteiger partial charge in [-0.3, -0.25) is 9.52 Å². The number of benzene rings is 2. The molecule has 2 aromatic carbocycles. The van der Waals surface area contributed by atoms with Gasteiger partial charge in [0.15, 0.2) is 0 Å². The van der Waals surface area contributed by atoms with Gasteiger partial charge in [-0.1, -0.05) is 6.07 Å². The third-order valence-corrected chi connectivity index (χ3v) is 5.91. The molecule has 3 N–H and O–H groups in total. The predicted octanol–water partition coefficient (Wildman–Crippen LogP) is 2.42. The van der Waals surface area contributed by atoms with Gasteiger partial charge >= 0.3 is 0 Å². The molecule has 144 valence electrons. The topological polar surface area (TPSA) is 87.3 Å². The summed E-state index contributed by atoms with van der Waals surface area (Å²) in [5.41, 5.74) is 1.25. The van der Waals surface area contributed by atoms with E-state index in [9.17, 15) is 17.6 Å². The Morgan fingerprint density at radius 2 is 1.96 bits per heavy atom. The lowest BCUT2D eigenvalue weighted by molar-refractivity contribution is 0.0949. The van der Waals surface area contributed by atoms with Gasteiger partial charge in [0.1, 0.15) is 5.82 Å². The van der Waals surface area contributed by atoms with Crippen molar-refractivity contribution in [1.29, 1.82) is 0 Å². The summed E-state index contributed by atoms with van der Waals surface area (Å²) in [5.74, 6) is -0.760. The van der Waals surface area contributed by atoms with E-state index in [1.807, 2.05) is 0 Å². The van der Waals surface area contributed by atoms with Crippen molar-refractivity contribution in [2.45, 2.75) is 30.7 Å². The molecule has 1 unspecified atom stereocenters. The number of carbonyl (C=O) groups is 1. The van der Waals surface area contributed by atoms with Crippen LogP contribution in [0, 0.1) is 12.7 Å². The van der Waals surface area contributed by atoms with Crippen LogP contribution in [0.4, 0.5) is 10.1 Å². The molecule has 1 heterocycles. The largest absolute Gasteiger partial charge is 0.350 e. The Morgan fingerprint density at radius 3 is 2.63 bits per heavy atom. The minimum Gasteiger partial charge on any atom is -0.350 e. The molecule has 1 fully saturated rings. The maximum atomic E-state index is 13.0. The van der Waals surface area contributed by atoms with E-state index in [0.717, 1.165) is 19.4 Å². The molecule has 0 aliphatic carbocycles. The molecule has 6 nitrogen and oxygen atoms in total. The molecule has 8 heteroatoms. The molecule has 0 radical (unpaired) electrons. The summed E-state index contributed by atoms with van der Waals surface area (Å²) in [6.45, 7) is 3.21. The lowest BCUT2D eigenvalue weighted by Crippen LogP contribution is -2.37. The average molecular weight is 391 g/mol. The number of halogens is 1. The number of rotatable bonds is 6. The number of nitrogens with one attached hydrogen (secondary N) is 3. The molecular weight excluding hydrogens is 369 g/mol. The van der Waals surface area contributed by atoms with Crippen LogP contribution in [0.15, 0.2) is 47.4 Å². The summed E-state index contributed by atoms with van der Waals surface area (Å²) in [4.78, 5) is 12.5. The van der Waals surface area contributed by atoms with Crippen molar-refractivity contribution in [1.82, 2.24) is 10.6 Å². The highest BCUT2D eigenvalue weighted by Gasteiger charge is 2.20. The fourth-order valence-electron chi connectivity index (χ4n) is 2.99. The second kappa shape index (κ2) is 8.06. The number of sulfonamides is 1. The van der Waals surface area contributed by atoms with Crippen LogP contribution in [0.1, 0.15) is 28.8 Å². The summed E-state index contributed by atoms with van der Waals surface area (Å²) in [5, 5.41) is 6.16. The Bertz CT molecular complexity index is 924. The molecule has 27 heavy (non-hydrogen) atoms. The highest BCUT2D eigenvalue weighted by atomic mass is 32.2. The lowest BCUT2D eigenvalue weighted by atomic mass is 10.1. The molecule has 0 spiro atoms. The normalized spacial score (nSPS) is 16.9. The van der Waals surface area contributed by atoms with E-state index < -0.39 is 15.8 Å². The Hall–Kier alpha value is -2.45. The zero-order chi connectivity index (χ0) is 19.4. The monoisotopic (exact) mass is 391 g/mol. The summed E-state index contributed by atoms with van der Waals surface area (Å²) < 4.78 is 40.6. The van der Waals surface area contributed by atoms with E-state index in [4.69, 9.17) is 0 Å². The van der Waals surface area contributed by atoms with Gasteiger partial charge < -0.3 is 10.6 Å². The van der Waals surface area contributed by atoms with Gasteiger partial charge in [0.25, 0.3) is 15.9 Å². The number of aryl methyl sites for hydroxylation is 1. The zero-order valence-corrected chi connectivity index (χ0v) is 15.8. The first kappa shape index (κ1) is 19.3. The Balaban J connectivity index is 1.76. The van der Waals surface area contributed by atoms with Gasteiger partial charge in [-0.05, 0) is 68.3 Å². The van der Waals surface area contributed by atoms with Crippen LogP contribution in [0.5, 0.6) is 0 Å². The van der Waals surface area contributed by atoms with Crippen LogP contribution in [0.2, 0.25) is 0 Å². The summed E-state index contributed by atoms with van der Waals surface area (Å²) in [7, 11) is -3.89. The second-order valence-corrected chi connectivity index (χ2v) is 8.27. The van der Waals surface area contributed by atoms with Crippen LogP contribution in [-0.2, 0) is 10.0 Å². The highest BCUT2D eigenvalue weighted by Crippen LogP contribution is 2.20. The smallest absolute Gasteiger partial charge is 0.261 e. The number of amides is 1. The standard InChI is InChI=1S/C19H22FN3O3S/c1-13-4-9-17(27(25,26)23-15-7-5-14(20)6-8-15)11-18(13)19(24)22-12-16-3-2-10-21-16/h4-9,11,16,21,23H,2-3,10,12H2,1H3,(H,22,24). The van der Waals surface area contributed by atoms with Crippen molar-refractivity contribution in [3.63, 3.8) is 0 Å². The number of anilines is 1. The molecule has 0 bridgehead atoms. The molecule has 1 atom stereocenters. The predicted molar refractivity (Wildman–Crippen MR) is 102 cm³/mol. The first-order chi connectivity index (χ1) is 12.8. The van der Waals surface area contributed by atoms with E-state index in [1.165, 1.54) is 36.4 Å². The van der Waals surface area contributed by atoms with Crippen molar-refractivity contribution < 1.29 is 17.6 Å². The summed E-state index contributed by atoms with van der Waals surface area (Å²) in [6, 6.07) is 9.66. The van der Waals surface area contributed by atoms with Crippen molar-refractivity contribution in [3.8, 4) is 0 Å². The van der Waals surface area contributed by atoms with Crippen molar-refractivity contribution in [2.75, 3.05) is 17.8 Å². The maximum absolute atomic E-state index is 13.0. The molecule has 1 aliphatic rings. The van der Waals surface area contributed by atoms with Crippen LogP contribution >= 0.6 is 0 Å². The van der Waals surface area contributed by atoms with Crippen molar-refractivity contribution in [2.24, 2.45) is 0 Å². The molecule has 1 saturated heterocycles. The van der Waals surface area contributed by atoms with E-state index >= 15 is 0 Å². The Kier molecular flexibility index (Phi) is 5.76. The van der Waals surface area contributed by atoms with E-state index in [-0.39, 0.29) is 22.5 Å². The lowest BCUT2D eigenvalue weighted by Gasteiger charge is -2.14. The summed E-state index contributed by atoms with van der Waals surface area (Å²) >= 11 is 0. The Morgan fingerprint density at radius 1 is 1.22 bits per heavy atom. The van der Waals surface area contributed by atoms with Gasteiger partial charge in [0.05, 0.1) is 4.90 Å². The minimum absolute atomic E-state index is 0.0263. The van der Waals surface area contributed by atoms with Gasteiger partial charge in [0, 0.05) is 23.8 Å². The second-order valence-electron chi connectivity index (χ2n) is 6.59. The van der Waals surface area contributed by atoms with Crippen LogP contribution in [-0.4, -0.2) is 33.5 Å². The number of hydrogen-bond donors (Lipinski definition) is 3. The first-order valence-corrected chi connectivity index (χ1v) is 10.2.